The van der Waals surface area contributed by atoms with Gasteiger partial charge in [0, 0.05) is 19.5 Å². The van der Waals surface area contributed by atoms with Crippen molar-refractivity contribution in [3.05, 3.63) is 65.7 Å². The van der Waals surface area contributed by atoms with E-state index in [4.69, 9.17) is 4.18 Å². The second kappa shape index (κ2) is 10.1. The average molecular weight is 390 g/mol. The highest BCUT2D eigenvalue weighted by atomic mass is 32.2. The topological polar surface area (TPSA) is 63.7 Å². The summed E-state index contributed by atoms with van der Waals surface area (Å²) in [4.78, 5) is 14.5. The lowest BCUT2D eigenvalue weighted by Gasteiger charge is -2.23. The van der Waals surface area contributed by atoms with E-state index >= 15 is 0 Å². The van der Waals surface area contributed by atoms with Gasteiger partial charge < -0.3 is 9.08 Å². The fraction of sp³-hybridized carbons (Fsp3) is 0.381. The van der Waals surface area contributed by atoms with Crippen LogP contribution in [0, 0.1) is 0 Å². The summed E-state index contributed by atoms with van der Waals surface area (Å²) in [5, 5.41) is 0. The SMILES string of the molecule is CCCCCC(=O)N(Cc1ccccc1)Cc1ccc(OS(C)(=O)=O)cc1. The first-order valence-electron chi connectivity index (χ1n) is 9.17. The Hall–Kier alpha value is -2.34. The van der Waals surface area contributed by atoms with Crippen LogP contribution in [-0.4, -0.2) is 25.5 Å². The first-order valence-corrected chi connectivity index (χ1v) is 11.0. The molecule has 2 rings (SSSR count). The van der Waals surface area contributed by atoms with Crippen LogP contribution in [0.1, 0.15) is 43.7 Å². The summed E-state index contributed by atoms with van der Waals surface area (Å²) in [5.41, 5.74) is 2.01. The maximum atomic E-state index is 12.7. The van der Waals surface area contributed by atoms with Crippen molar-refractivity contribution in [3.63, 3.8) is 0 Å². The van der Waals surface area contributed by atoms with Crippen molar-refractivity contribution in [2.75, 3.05) is 6.26 Å². The monoisotopic (exact) mass is 389 g/mol. The highest BCUT2D eigenvalue weighted by molar-refractivity contribution is 7.86. The normalized spacial score (nSPS) is 11.2. The molecule has 0 radical (unpaired) electrons. The zero-order chi connectivity index (χ0) is 19.7. The standard InChI is InChI=1S/C21H27NO4S/c1-3-4-6-11-21(23)22(16-18-9-7-5-8-10-18)17-19-12-14-20(15-13-19)26-27(2,24)25/h5,7-10,12-15H,3-4,6,11,16-17H2,1-2H3. The number of benzene rings is 2. The van der Waals surface area contributed by atoms with E-state index in [-0.39, 0.29) is 11.7 Å². The second-order valence-electron chi connectivity index (χ2n) is 6.62. The maximum Gasteiger partial charge on any atom is 0.306 e. The van der Waals surface area contributed by atoms with Gasteiger partial charge in [0.1, 0.15) is 5.75 Å². The summed E-state index contributed by atoms with van der Waals surface area (Å²) in [7, 11) is -3.54. The van der Waals surface area contributed by atoms with E-state index in [9.17, 15) is 13.2 Å². The molecule has 0 N–H and O–H groups in total. The fourth-order valence-corrected chi connectivity index (χ4v) is 3.23. The molecule has 6 heteroatoms. The van der Waals surface area contributed by atoms with E-state index in [0.717, 1.165) is 36.6 Å². The van der Waals surface area contributed by atoms with Crippen LogP contribution in [0.4, 0.5) is 0 Å². The Morgan fingerprint density at radius 2 is 1.52 bits per heavy atom. The van der Waals surface area contributed by atoms with Crippen LogP contribution in [0.2, 0.25) is 0 Å². The van der Waals surface area contributed by atoms with Crippen LogP contribution < -0.4 is 4.18 Å². The minimum absolute atomic E-state index is 0.128. The van der Waals surface area contributed by atoms with Crippen LogP contribution in [0.3, 0.4) is 0 Å². The number of rotatable bonds is 10. The van der Waals surface area contributed by atoms with Crippen molar-refractivity contribution in [2.45, 2.75) is 45.7 Å². The van der Waals surface area contributed by atoms with Gasteiger partial charge in [0.2, 0.25) is 5.91 Å². The molecule has 0 saturated carbocycles. The van der Waals surface area contributed by atoms with Gasteiger partial charge in [0.25, 0.3) is 0 Å². The fourth-order valence-electron chi connectivity index (χ4n) is 2.77. The Kier molecular flexibility index (Phi) is 7.85. The number of nitrogens with zero attached hydrogens (tertiary/aromatic N) is 1. The number of carbonyl (C=O) groups excluding carboxylic acids is 1. The average Bonchev–Trinajstić information content (AvgIpc) is 2.62. The zero-order valence-corrected chi connectivity index (χ0v) is 16.7. The molecular weight excluding hydrogens is 362 g/mol. The van der Waals surface area contributed by atoms with Gasteiger partial charge >= 0.3 is 10.1 Å². The molecule has 0 aliphatic carbocycles. The molecule has 0 aromatic heterocycles. The van der Waals surface area contributed by atoms with Crippen LogP contribution in [0.25, 0.3) is 0 Å². The van der Waals surface area contributed by atoms with Gasteiger partial charge in [-0.1, -0.05) is 62.2 Å². The van der Waals surface area contributed by atoms with E-state index in [2.05, 4.69) is 6.92 Å². The predicted octanol–water partition coefficient (Wildman–Crippen LogP) is 4.13. The molecular formula is C21H27NO4S. The van der Waals surface area contributed by atoms with E-state index < -0.39 is 10.1 Å². The second-order valence-corrected chi connectivity index (χ2v) is 8.20. The van der Waals surface area contributed by atoms with Gasteiger partial charge in [-0.3, -0.25) is 4.79 Å². The molecule has 0 heterocycles. The van der Waals surface area contributed by atoms with Crippen LogP contribution >= 0.6 is 0 Å². The summed E-state index contributed by atoms with van der Waals surface area (Å²) in [6, 6.07) is 16.7. The highest BCUT2D eigenvalue weighted by Gasteiger charge is 2.15. The Morgan fingerprint density at radius 3 is 2.07 bits per heavy atom. The molecule has 27 heavy (non-hydrogen) atoms. The quantitative estimate of drug-likeness (QED) is 0.453. The van der Waals surface area contributed by atoms with E-state index in [0.29, 0.717) is 19.5 Å². The van der Waals surface area contributed by atoms with Crippen molar-refractivity contribution in [1.82, 2.24) is 4.90 Å². The molecule has 0 saturated heterocycles. The summed E-state index contributed by atoms with van der Waals surface area (Å²) in [5.74, 6) is 0.397. The van der Waals surface area contributed by atoms with Gasteiger partial charge in [-0.25, -0.2) is 0 Å². The molecule has 0 aliphatic heterocycles. The highest BCUT2D eigenvalue weighted by Crippen LogP contribution is 2.17. The number of carbonyl (C=O) groups is 1. The lowest BCUT2D eigenvalue weighted by Crippen LogP contribution is -2.29. The molecule has 5 nitrogen and oxygen atoms in total. The Balaban J connectivity index is 2.09. The summed E-state index contributed by atoms with van der Waals surface area (Å²) >= 11 is 0. The third-order valence-corrected chi connectivity index (χ3v) is 4.60. The molecule has 2 aromatic carbocycles. The third-order valence-electron chi connectivity index (χ3n) is 4.11. The summed E-state index contributed by atoms with van der Waals surface area (Å²) in [6.07, 6.45) is 4.56. The van der Waals surface area contributed by atoms with E-state index in [1.165, 1.54) is 0 Å². The van der Waals surface area contributed by atoms with Crippen molar-refractivity contribution < 1.29 is 17.4 Å². The van der Waals surface area contributed by atoms with Crippen LogP contribution in [-0.2, 0) is 28.0 Å². The molecule has 1 amide bonds. The molecule has 0 bridgehead atoms. The van der Waals surface area contributed by atoms with Crippen molar-refractivity contribution in [3.8, 4) is 5.75 Å². The van der Waals surface area contributed by atoms with Crippen molar-refractivity contribution in [2.24, 2.45) is 0 Å². The molecule has 0 atom stereocenters. The van der Waals surface area contributed by atoms with Crippen molar-refractivity contribution >= 4 is 16.0 Å². The summed E-state index contributed by atoms with van der Waals surface area (Å²) < 4.78 is 27.3. The van der Waals surface area contributed by atoms with E-state index in [1.54, 1.807) is 24.3 Å². The minimum Gasteiger partial charge on any atom is -0.383 e. The molecule has 146 valence electrons. The van der Waals surface area contributed by atoms with Gasteiger partial charge in [-0.2, -0.15) is 8.42 Å². The van der Waals surface area contributed by atoms with Gasteiger partial charge in [-0.15, -0.1) is 0 Å². The molecule has 0 unspecified atom stereocenters. The van der Waals surface area contributed by atoms with Gasteiger partial charge in [0.05, 0.1) is 6.26 Å². The Labute approximate surface area is 162 Å². The Bertz CT molecular complexity index is 817. The third kappa shape index (κ3) is 7.83. The molecule has 0 fully saturated rings. The smallest absolute Gasteiger partial charge is 0.306 e. The summed E-state index contributed by atoms with van der Waals surface area (Å²) in [6.45, 7) is 3.14. The lowest BCUT2D eigenvalue weighted by molar-refractivity contribution is -0.132. The van der Waals surface area contributed by atoms with Gasteiger partial charge in [0.15, 0.2) is 0 Å². The molecule has 2 aromatic rings. The number of unbranched alkanes of at least 4 members (excludes halogenated alkanes) is 2. The number of amides is 1. The first-order chi connectivity index (χ1) is 12.9. The molecule has 0 aliphatic rings. The van der Waals surface area contributed by atoms with Crippen LogP contribution in [0.15, 0.2) is 54.6 Å². The first kappa shape index (κ1) is 21.0. The van der Waals surface area contributed by atoms with Crippen LogP contribution in [0.5, 0.6) is 5.75 Å². The minimum atomic E-state index is -3.54. The number of hydrogen-bond acceptors (Lipinski definition) is 4. The van der Waals surface area contributed by atoms with E-state index in [1.807, 2.05) is 35.2 Å². The van der Waals surface area contributed by atoms with Gasteiger partial charge in [-0.05, 0) is 29.7 Å². The largest absolute Gasteiger partial charge is 0.383 e. The predicted molar refractivity (Wildman–Crippen MR) is 107 cm³/mol. The zero-order valence-electron chi connectivity index (χ0n) is 15.9. The Morgan fingerprint density at radius 1 is 0.926 bits per heavy atom. The molecule has 0 spiro atoms. The van der Waals surface area contributed by atoms with Crippen molar-refractivity contribution in [1.29, 1.82) is 0 Å². The lowest BCUT2D eigenvalue weighted by atomic mass is 10.1. The maximum absolute atomic E-state index is 12.7. The number of hydrogen-bond donors (Lipinski definition) is 0.